The van der Waals surface area contributed by atoms with Crippen LogP contribution in [0.25, 0.3) is 0 Å². The molecule has 0 aliphatic heterocycles. The van der Waals surface area contributed by atoms with E-state index in [1.54, 1.807) is 0 Å². The molecular weight excluding hydrogens is 316 g/mol. The Hall–Kier alpha value is -1.84. The van der Waals surface area contributed by atoms with Gasteiger partial charge in [-0.15, -0.1) is 0 Å². The van der Waals surface area contributed by atoms with Gasteiger partial charge in [-0.3, -0.25) is 0 Å². The van der Waals surface area contributed by atoms with Crippen LogP contribution in [0.4, 0.5) is 0 Å². The highest BCUT2D eigenvalue weighted by Crippen LogP contribution is 2.30. The molecule has 2 rings (SSSR count). The van der Waals surface area contributed by atoms with Crippen molar-refractivity contribution in [3.8, 4) is 0 Å². The first kappa shape index (κ1) is 19.5. The summed E-state index contributed by atoms with van der Waals surface area (Å²) in [5, 5.41) is 19.2. The van der Waals surface area contributed by atoms with E-state index in [0.717, 1.165) is 36.8 Å². The van der Waals surface area contributed by atoms with Gasteiger partial charge in [0.25, 0.3) is 0 Å². The molecule has 0 fully saturated rings. The van der Waals surface area contributed by atoms with Crippen LogP contribution in [-0.2, 0) is 12.8 Å². The third-order valence-corrected chi connectivity index (χ3v) is 5.54. The highest BCUT2D eigenvalue weighted by Gasteiger charge is 2.24. The van der Waals surface area contributed by atoms with E-state index >= 15 is 0 Å². The van der Waals surface area contributed by atoms with Crippen LogP contribution in [-0.4, -0.2) is 22.2 Å². The summed E-state index contributed by atoms with van der Waals surface area (Å²) >= 11 is 0. The molecule has 3 unspecified atom stereocenters. The van der Waals surface area contributed by atoms with E-state index in [4.69, 9.17) is 0 Å². The maximum absolute atomic E-state index is 11.7. The summed E-state index contributed by atoms with van der Waals surface area (Å²) in [7, 11) is 0. The summed E-state index contributed by atoms with van der Waals surface area (Å²) in [5.74, 6) is -0.541. The van der Waals surface area contributed by atoms with Crippen LogP contribution < -0.4 is 0 Å². The third kappa shape index (κ3) is 5.07. The van der Waals surface area contributed by atoms with Gasteiger partial charge in [0.2, 0.25) is 0 Å². The van der Waals surface area contributed by atoms with Gasteiger partial charge in [0, 0.05) is 0 Å². The lowest BCUT2D eigenvalue weighted by Gasteiger charge is -2.23. The number of carboxylic acids is 2. The maximum Gasteiger partial charge on any atom is 0.335 e. The van der Waals surface area contributed by atoms with Gasteiger partial charge in [-0.2, -0.15) is 0 Å². The van der Waals surface area contributed by atoms with Gasteiger partial charge < -0.3 is 10.2 Å². The van der Waals surface area contributed by atoms with E-state index in [-0.39, 0.29) is 11.1 Å². The zero-order valence-electron chi connectivity index (χ0n) is 15.5. The minimum Gasteiger partial charge on any atom is -0.478 e. The SMILES string of the molecule is CC1CCCC(C)Cc2c(C(=O)O)ccc(C(=O)O)c2CC(C)CC1. The van der Waals surface area contributed by atoms with Crippen molar-refractivity contribution in [3.05, 3.63) is 34.4 Å². The second-order valence-electron chi connectivity index (χ2n) is 7.96. The van der Waals surface area contributed by atoms with Crippen molar-refractivity contribution >= 4 is 11.9 Å². The summed E-state index contributed by atoms with van der Waals surface area (Å²) in [4.78, 5) is 23.4. The van der Waals surface area contributed by atoms with Crippen molar-refractivity contribution in [3.63, 3.8) is 0 Å². The normalized spacial score (nSPS) is 25.3. The standard InChI is InChI=1S/C21H30O4/c1-13-5-4-6-14(2)11-18-16(20(22)23)9-10-17(21(24)25)19(18)12-15(3)8-7-13/h9-10,13-15H,4-8,11-12H2,1-3H3,(H,22,23)(H,24,25). The molecule has 0 bridgehead atoms. The molecule has 25 heavy (non-hydrogen) atoms. The van der Waals surface area contributed by atoms with Crippen LogP contribution in [0.3, 0.4) is 0 Å². The van der Waals surface area contributed by atoms with E-state index in [1.807, 2.05) is 0 Å². The number of rotatable bonds is 2. The fourth-order valence-electron chi connectivity index (χ4n) is 3.99. The summed E-state index contributed by atoms with van der Waals surface area (Å²) in [6.45, 7) is 6.58. The lowest BCUT2D eigenvalue weighted by atomic mass is 9.81. The first-order chi connectivity index (χ1) is 11.8. The topological polar surface area (TPSA) is 74.6 Å². The first-order valence-corrected chi connectivity index (χ1v) is 9.40. The van der Waals surface area contributed by atoms with Crippen molar-refractivity contribution < 1.29 is 19.8 Å². The molecule has 0 spiro atoms. The Labute approximate surface area is 150 Å². The fourth-order valence-corrected chi connectivity index (χ4v) is 3.99. The molecule has 4 nitrogen and oxygen atoms in total. The Bertz CT molecular complexity index is 635. The molecular formula is C21H30O4. The van der Waals surface area contributed by atoms with E-state index < -0.39 is 11.9 Å². The van der Waals surface area contributed by atoms with Gasteiger partial charge in [-0.25, -0.2) is 9.59 Å². The molecule has 1 aromatic rings. The van der Waals surface area contributed by atoms with Crippen LogP contribution in [0, 0.1) is 17.8 Å². The Morgan fingerprint density at radius 1 is 0.760 bits per heavy atom. The lowest BCUT2D eigenvalue weighted by molar-refractivity contribution is 0.0678. The zero-order valence-corrected chi connectivity index (χ0v) is 15.5. The Morgan fingerprint density at radius 2 is 1.16 bits per heavy atom. The molecule has 1 aliphatic carbocycles. The van der Waals surface area contributed by atoms with Crippen LogP contribution in [0.2, 0.25) is 0 Å². The quantitative estimate of drug-likeness (QED) is 0.786. The number of carbonyl (C=O) groups is 2. The Kier molecular flexibility index (Phi) is 6.63. The Morgan fingerprint density at radius 3 is 1.64 bits per heavy atom. The predicted octanol–water partition coefficient (Wildman–Crippen LogP) is 5.04. The molecule has 0 saturated carbocycles. The molecule has 0 radical (unpaired) electrons. The minimum absolute atomic E-state index is 0.268. The molecule has 2 N–H and O–H groups in total. The number of fused-ring (bicyclic) bond motifs is 1. The van der Waals surface area contributed by atoms with Crippen molar-refractivity contribution in [2.45, 2.75) is 65.7 Å². The number of benzene rings is 1. The number of aromatic carboxylic acids is 2. The van der Waals surface area contributed by atoms with Gasteiger partial charge in [0.05, 0.1) is 11.1 Å². The van der Waals surface area contributed by atoms with Crippen molar-refractivity contribution in [2.24, 2.45) is 17.8 Å². The molecule has 4 heteroatoms. The van der Waals surface area contributed by atoms with Gasteiger partial charge in [0.1, 0.15) is 0 Å². The summed E-state index contributed by atoms with van der Waals surface area (Å²) in [6.07, 6.45) is 6.88. The predicted molar refractivity (Wildman–Crippen MR) is 98.3 cm³/mol. The third-order valence-electron chi connectivity index (χ3n) is 5.54. The van der Waals surface area contributed by atoms with Crippen LogP contribution in [0.1, 0.15) is 84.7 Å². The minimum atomic E-state index is -0.964. The van der Waals surface area contributed by atoms with E-state index in [0.29, 0.717) is 30.6 Å². The molecule has 138 valence electrons. The molecule has 3 atom stereocenters. The smallest absolute Gasteiger partial charge is 0.335 e. The van der Waals surface area contributed by atoms with Crippen molar-refractivity contribution in [2.75, 3.05) is 0 Å². The van der Waals surface area contributed by atoms with E-state index in [9.17, 15) is 19.8 Å². The second kappa shape index (κ2) is 8.50. The van der Waals surface area contributed by atoms with Gasteiger partial charge >= 0.3 is 11.9 Å². The zero-order chi connectivity index (χ0) is 18.6. The van der Waals surface area contributed by atoms with Crippen molar-refractivity contribution in [1.82, 2.24) is 0 Å². The highest BCUT2D eigenvalue weighted by molar-refractivity contribution is 5.95. The average molecular weight is 346 g/mol. The first-order valence-electron chi connectivity index (χ1n) is 9.40. The fraction of sp³-hybridized carbons (Fsp3) is 0.619. The van der Waals surface area contributed by atoms with Gasteiger partial charge in [0.15, 0.2) is 0 Å². The summed E-state index contributed by atoms with van der Waals surface area (Å²) in [5.41, 5.74) is 2.01. The van der Waals surface area contributed by atoms with Crippen LogP contribution >= 0.6 is 0 Å². The van der Waals surface area contributed by atoms with E-state index in [2.05, 4.69) is 20.8 Å². The number of hydrogen-bond acceptors (Lipinski definition) is 2. The average Bonchev–Trinajstić information content (AvgIpc) is 2.52. The molecule has 1 aliphatic rings. The van der Waals surface area contributed by atoms with Gasteiger partial charge in [-0.05, 0) is 53.9 Å². The van der Waals surface area contributed by atoms with E-state index in [1.165, 1.54) is 18.6 Å². The monoisotopic (exact) mass is 346 g/mol. The lowest BCUT2D eigenvalue weighted by Crippen LogP contribution is -2.17. The maximum atomic E-state index is 11.7. The summed E-state index contributed by atoms with van der Waals surface area (Å²) in [6, 6.07) is 2.94. The number of hydrogen-bond donors (Lipinski definition) is 2. The second-order valence-corrected chi connectivity index (χ2v) is 7.96. The van der Waals surface area contributed by atoms with Crippen LogP contribution in [0.5, 0.6) is 0 Å². The Balaban J connectivity index is 2.52. The van der Waals surface area contributed by atoms with Gasteiger partial charge in [-0.1, -0.05) is 52.9 Å². The van der Waals surface area contributed by atoms with Crippen LogP contribution in [0.15, 0.2) is 12.1 Å². The van der Waals surface area contributed by atoms with Crippen molar-refractivity contribution in [1.29, 1.82) is 0 Å². The molecule has 0 aromatic heterocycles. The molecule has 1 aromatic carbocycles. The largest absolute Gasteiger partial charge is 0.478 e. The summed E-state index contributed by atoms with van der Waals surface area (Å²) < 4.78 is 0. The number of carboxylic acid groups (broad SMARTS) is 2. The molecule has 0 amide bonds. The highest BCUT2D eigenvalue weighted by atomic mass is 16.4. The molecule has 0 heterocycles. The molecule has 0 saturated heterocycles.